The van der Waals surface area contributed by atoms with Crippen LogP contribution in [0.5, 0.6) is 0 Å². The number of allylic oxidation sites excluding steroid dienone is 5. The first-order chi connectivity index (χ1) is 25.6. The van der Waals surface area contributed by atoms with Crippen LogP contribution in [0.25, 0.3) is 56.4 Å². The molecule has 0 amide bonds. The van der Waals surface area contributed by atoms with Crippen molar-refractivity contribution in [2.45, 2.75) is 0 Å². The molecule has 0 saturated carbocycles. The standard InChI is InChI=1S/C48H34N4/c1-3-18-35(4-2)44(36-19-9-5-10-20-36)45(37-21-11-6-12-22-37)41-28-17-27-40(31-41)42-29-34(33-49)30-43(32-42)48-51-46(38-23-13-7-14-24-38)50-47(52-48)39-25-15-8-16-26-39/h3-32H,1-2H2/b35-18+,45-44-. The van der Waals surface area contributed by atoms with E-state index in [0.29, 0.717) is 23.0 Å². The summed E-state index contributed by atoms with van der Waals surface area (Å²) in [5.74, 6) is 1.61. The minimum Gasteiger partial charge on any atom is -0.208 e. The molecule has 7 aromatic rings. The molecule has 0 radical (unpaired) electrons. The molecule has 52 heavy (non-hydrogen) atoms. The van der Waals surface area contributed by atoms with Crippen molar-refractivity contribution >= 4 is 11.1 Å². The normalized spacial score (nSPS) is 11.6. The first-order valence-electron chi connectivity index (χ1n) is 17.0. The summed E-state index contributed by atoms with van der Waals surface area (Å²) >= 11 is 0. The second kappa shape index (κ2) is 15.6. The molecule has 0 aliphatic carbocycles. The van der Waals surface area contributed by atoms with Crippen LogP contribution in [0, 0.1) is 11.3 Å². The third-order valence-corrected chi connectivity index (χ3v) is 8.69. The Morgan fingerprint density at radius 1 is 0.481 bits per heavy atom. The van der Waals surface area contributed by atoms with Crippen LogP contribution in [-0.2, 0) is 0 Å². The highest BCUT2D eigenvalue weighted by atomic mass is 15.0. The molecule has 0 aliphatic rings. The van der Waals surface area contributed by atoms with Crippen LogP contribution >= 0.6 is 0 Å². The fraction of sp³-hybridized carbons (Fsp3) is 0. The zero-order valence-corrected chi connectivity index (χ0v) is 28.5. The number of nitriles is 1. The highest BCUT2D eigenvalue weighted by Gasteiger charge is 2.18. The molecule has 0 aliphatic heterocycles. The maximum absolute atomic E-state index is 10.2. The molecule has 0 spiro atoms. The van der Waals surface area contributed by atoms with Crippen molar-refractivity contribution in [3.8, 4) is 51.4 Å². The zero-order valence-electron chi connectivity index (χ0n) is 28.5. The number of aromatic nitrogens is 3. The summed E-state index contributed by atoms with van der Waals surface area (Å²) in [6.45, 7) is 8.16. The molecule has 0 atom stereocenters. The van der Waals surface area contributed by atoms with Crippen LogP contribution in [0.3, 0.4) is 0 Å². The number of benzene rings is 6. The summed E-state index contributed by atoms with van der Waals surface area (Å²) in [6, 6.07) is 57.1. The monoisotopic (exact) mass is 666 g/mol. The van der Waals surface area contributed by atoms with Gasteiger partial charge in [0.25, 0.3) is 0 Å². The van der Waals surface area contributed by atoms with E-state index in [0.717, 1.165) is 61.2 Å². The Balaban J connectivity index is 1.43. The van der Waals surface area contributed by atoms with Gasteiger partial charge < -0.3 is 0 Å². The number of hydrogen-bond acceptors (Lipinski definition) is 4. The first-order valence-corrected chi connectivity index (χ1v) is 17.0. The largest absolute Gasteiger partial charge is 0.208 e. The van der Waals surface area contributed by atoms with Gasteiger partial charge in [-0.2, -0.15) is 5.26 Å². The second-order valence-electron chi connectivity index (χ2n) is 12.1. The van der Waals surface area contributed by atoms with Crippen molar-refractivity contribution < 1.29 is 0 Å². The number of rotatable bonds is 10. The first kappa shape index (κ1) is 33.3. The summed E-state index contributed by atoms with van der Waals surface area (Å²) in [5, 5.41) is 10.2. The molecule has 1 aromatic heterocycles. The Labute approximate surface area is 304 Å². The highest BCUT2D eigenvalue weighted by Crippen LogP contribution is 2.39. The average Bonchev–Trinajstić information content (AvgIpc) is 3.23. The van der Waals surface area contributed by atoms with E-state index in [1.807, 2.05) is 109 Å². The Bertz CT molecular complexity index is 2420. The molecule has 0 fully saturated rings. The molecule has 0 bridgehead atoms. The minimum absolute atomic E-state index is 0.489. The molecular weight excluding hydrogens is 633 g/mol. The van der Waals surface area contributed by atoms with Crippen LogP contribution < -0.4 is 0 Å². The van der Waals surface area contributed by atoms with Gasteiger partial charge in [-0.05, 0) is 68.8 Å². The fourth-order valence-corrected chi connectivity index (χ4v) is 6.28. The van der Waals surface area contributed by atoms with Gasteiger partial charge in [0.2, 0.25) is 0 Å². The van der Waals surface area contributed by atoms with E-state index in [4.69, 9.17) is 15.0 Å². The van der Waals surface area contributed by atoms with Crippen molar-refractivity contribution in [3.63, 3.8) is 0 Å². The Morgan fingerprint density at radius 2 is 0.962 bits per heavy atom. The van der Waals surface area contributed by atoms with Crippen molar-refractivity contribution in [2.24, 2.45) is 0 Å². The van der Waals surface area contributed by atoms with Crippen LogP contribution in [0.15, 0.2) is 201 Å². The summed E-state index contributed by atoms with van der Waals surface area (Å²) < 4.78 is 0. The Hall–Kier alpha value is -7.22. The van der Waals surface area contributed by atoms with E-state index in [9.17, 15) is 5.26 Å². The summed E-state index contributed by atoms with van der Waals surface area (Å²) in [7, 11) is 0. The molecule has 0 unspecified atom stereocenters. The number of hydrogen-bond donors (Lipinski definition) is 0. The van der Waals surface area contributed by atoms with E-state index in [-0.39, 0.29) is 0 Å². The smallest absolute Gasteiger partial charge is 0.164 e. The summed E-state index contributed by atoms with van der Waals surface area (Å²) in [5.41, 5.74) is 11.0. The predicted octanol–water partition coefficient (Wildman–Crippen LogP) is 11.7. The lowest BCUT2D eigenvalue weighted by Crippen LogP contribution is -2.00. The van der Waals surface area contributed by atoms with Gasteiger partial charge in [-0.3, -0.25) is 0 Å². The van der Waals surface area contributed by atoms with Gasteiger partial charge >= 0.3 is 0 Å². The molecule has 7 rings (SSSR count). The Morgan fingerprint density at radius 3 is 1.50 bits per heavy atom. The minimum atomic E-state index is 0.489. The van der Waals surface area contributed by atoms with Gasteiger partial charge in [0.1, 0.15) is 0 Å². The highest BCUT2D eigenvalue weighted by molar-refractivity contribution is 6.05. The van der Waals surface area contributed by atoms with Crippen LogP contribution in [0.2, 0.25) is 0 Å². The maximum atomic E-state index is 10.2. The maximum Gasteiger partial charge on any atom is 0.164 e. The van der Waals surface area contributed by atoms with E-state index >= 15 is 0 Å². The average molecular weight is 667 g/mol. The van der Waals surface area contributed by atoms with Gasteiger partial charge in [0.05, 0.1) is 11.6 Å². The molecule has 0 N–H and O–H groups in total. The van der Waals surface area contributed by atoms with Crippen LogP contribution in [-0.4, -0.2) is 15.0 Å². The van der Waals surface area contributed by atoms with Gasteiger partial charge in [0, 0.05) is 16.7 Å². The van der Waals surface area contributed by atoms with Gasteiger partial charge in [-0.15, -0.1) is 0 Å². The SMILES string of the molecule is C=C/C=C(C=C)/C(=C(\c1ccccc1)c1cccc(-c2cc(C#N)cc(-c3nc(-c4ccccc4)nc(-c4ccccc4)n3)c2)c1)c1ccccc1. The molecule has 4 nitrogen and oxygen atoms in total. The molecule has 0 saturated heterocycles. The lowest BCUT2D eigenvalue weighted by atomic mass is 9.84. The van der Waals surface area contributed by atoms with E-state index in [2.05, 4.69) is 86.0 Å². The molecule has 246 valence electrons. The van der Waals surface area contributed by atoms with Gasteiger partial charge in [0.15, 0.2) is 17.5 Å². The number of nitrogens with zero attached hydrogens (tertiary/aromatic N) is 4. The Kier molecular flexibility index (Phi) is 9.95. The third-order valence-electron chi connectivity index (χ3n) is 8.69. The molecular formula is C48H34N4. The molecule has 1 heterocycles. The summed E-state index contributed by atoms with van der Waals surface area (Å²) in [6.07, 6.45) is 5.66. The lowest BCUT2D eigenvalue weighted by molar-refractivity contribution is 1.07. The van der Waals surface area contributed by atoms with Gasteiger partial charge in [-0.1, -0.05) is 171 Å². The topological polar surface area (TPSA) is 62.5 Å². The van der Waals surface area contributed by atoms with Crippen molar-refractivity contribution in [1.29, 1.82) is 5.26 Å². The lowest BCUT2D eigenvalue weighted by Gasteiger charge is -2.19. The molecule has 6 aromatic carbocycles. The molecule has 4 heteroatoms. The summed E-state index contributed by atoms with van der Waals surface area (Å²) in [4.78, 5) is 14.7. The van der Waals surface area contributed by atoms with E-state index < -0.39 is 0 Å². The second-order valence-corrected chi connectivity index (χ2v) is 12.1. The van der Waals surface area contributed by atoms with Crippen LogP contribution in [0.4, 0.5) is 0 Å². The zero-order chi connectivity index (χ0) is 35.7. The van der Waals surface area contributed by atoms with Crippen LogP contribution in [0.1, 0.15) is 22.3 Å². The quantitative estimate of drug-likeness (QED) is 0.108. The fourth-order valence-electron chi connectivity index (χ4n) is 6.28. The van der Waals surface area contributed by atoms with E-state index in [1.165, 1.54) is 0 Å². The van der Waals surface area contributed by atoms with Crippen molar-refractivity contribution in [3.05, 3.63) is 223 Å². The predicted molar refractivity (Wildman–Crippen MR) is 214 cm³/mol. The van der Waals surface area contributed by atoms with Crippen molar-refractivity contribution in [1.82, 2.24) is 15.0 Å². The third kappa shape index (κ3) is 7.21. The van der Waals surface area contributed by atoms with Crippen molar-refractivity contribution in [2.75, 3.05) is 0 Å². The van der Waals surface area contributed by atoms with Gasteiger partial charge in [-0.25, -0.2) is 15.0 Å². The van der Waals surface area contributed by atoms with E-state index in [1.54, 1.807) is 6.08 Å².